The Morgan fingerprint density at radius 3 is 2.83 bits per heavy atom. The second-order valence-corrected chi connectivity index (χ2v) is 6.58. The topological polar surface area (TPSA) is 55.1 Å². The molecule has 3 nitrogen and oxygen atoms in total. The van der Waals surface area contributed by atoms with Crippen LogP contribution in [0.1, 0.15) is 45.4 Å². The van der Waals surface area contributed by atoms with Gasteiger partial charge in [-0.2, -0.15) is 11.8 Å². The maximum Gasteiger partial charge on any atom is 0.230 e. The summed E-state index contributed by atoms with van der Waals surface area (Å²) in [6.07, 6.45) is 8.43. The summed E-state index contributed by atoms with van der Waals surface area (Å²) in [5.41, 5.74) is 5.65. The molecule has 0 aliphatic heterocycles. The van der Waals surface area contributed by atoms with Gasteiger partial charge in [0.1, 0.15) is 0 Å². The average Bonchev–Trinajstić information content (AvgIpc) is 2.35. The molecule has 0 spiro atoms. The van der Waals surface area contributed by atoms with E-state index < -0.39 is 0 Å². The standard InChI is InChI=1S/C13H24N2OS2/c1-3-5-11(12(14)17)13(16)15-9-6-4-7-10(8-9)18-2/h9-11H,3-8H2,1-2H3,(H2,14,17)(H,15,16). The van der Waals surface area contributed by atoms with Gasteiger partial charge in [0, 0.05) is 11.3 Å². The fourth-order valence-electron chi connectivity index (χ4n) is 2.48. The van der Waals surface area contributed by atoms with Crippen molar-refractivity contribution in [3.8, 4) is 0 Å². The zero-order valence-electron chi connectivity index (χ0n) is 11.3. The number of carbonyl (C=O) groups excluding carboxylic acids is 1. The number of thioether (sulfide) groups is 1. The monoisotopic (exact) mass is 288 g/mol. The van der Waals surface area contributed by atoms with Crippen LogP contribution in [0, 0.1) is 5.92 Å². The van der Waals surface area contributed by atoms with Gasteiger partial charge in [-0.3, -0.25) is 4.79 Å². The molecule has 1 saturated carbocycles. The fraction of sp³-hybridized carbons (Fsp3) is 0.846. The molecule has 18 heavy (non-hydrogen) atoms. The summed E-state index contributed by atoms with van der Waals surface area (Å²) in [7, 11) is 0. The van der Waals surface area contributed by atoms with Crippen LogP contribution in [0.5, 0.6) is 0 Å². The summed E-state index contributed by atoms with van der Waals surface area (Å²) in [5.74, 6) is -0.268. The highest BCUT2D eigenvalue weighted by atomic mass is 32.2. The van der Waals surface area contributed by atoms with Crippen molar-refractivity contribution in [2.24, 2.45) is 11.7 Å². The van der Waals surface area contributed by atoms with E-state index in [-0.39, 0.29) is 11.8 Å². The van der Waals surface area contributed by atoms with Gasteiger partial charge >= 0.3 is 0 Å². The molecule has 0 heterocycles. The molecule has 1 amide bonds. The maximum absolute atomic E-state index is 12.2. The minimum absolute atomic E-state index is 0.0242. The number of rotatable bonds is 6. The zero-order chi connectivity index (χ0) is 13.5. The van der Waals surface area contributed by atoms with Gasteiger partial charge in [0.25, 0.3) is 0 Å². The third kappa shape index (κ3) is 4.76. The van der Waals surface area contributed by atoms with Crippen LogP contribution in [0.25, 0.3) is 0 Å². The molecule has 1 fully saturated rings. The molecule has 0 radical (unpaired) electrons. The van der Waals surface area contributed by atoms with Crippen molar-refractivity contribution in [3.05, 3.63) is 0 Å². The summed E-state index contributed by atoms with van der Waals surface area (Å²) < 4.78 is 0. The Hall–Kier alpha value is -0.290. The number of amides is 1. The lowest BCUT2D eigenvalue weighted by Crippen LogP contribution is -2.45. The van der Waals surface area contributed by atoms with Crippen molar-refractivity contribution >= 4 is 34.9 Å². The van der Waals surface area contributed by atoms with E-state index in [2.05, 4.69) is 11.6 Å². The van der Waals surface area contributed by atoms with Crippen molar-refractivity contribution in [1.82, 2.24) is 5.32 Å². The Bertz CT molecular complexity index is 297. The predicted molar refractivity (Wildman–Crippen MR) is 82.9 cm³/mol. The molecule has 3 unspecified atom stereocenters. The molecule has 0 aromatic rings. The highest BCUT2D eigenvalue weighted by molar-refractivity contribution is 7.99. The molecule has 1 aliphatic carbocycles. The number of thiocarbonyl (C=S) groups is 1. The summed E-state index contributed by atoms with van der Waals surface area (Å²) >= 11 is 6.88. The Labute approximate surface area is 120 Å². The van der Waals surface area contributed by atoms with Gasteiger partial charge in [-0.25, -0.2) is 0 Å². The predicted octanol–water partition coefficient (Wildman–Crippen LogP) is 2.48. The van der Waals surface area contributed by atoms with Gasteiger partial charge in [0.15, 0.2) is 0 Å². The fourth-order valence-corrected chi connectivity index (χ4v) is 3.54. The van der Waals surface area contributed by atoms with Gasteiger partial charge < -0.3 is 11.1 Å². The highest BCUT2D eigenvalue weighted by Gasteiger charge is 2.26. The lowest BCUT2D eigenvalue weighted by molar-refractivity contribution is -0.124. The van der Waals surface area contributed by atoms with E-state index in [1.54, 1.807) is 0 Å². The van der Waals surface area contributed by atoms with Crippen LogP contribution in [0.3, 0.4) is 0 Å². The average molecular weight is 288 g/mol. The van der Waals surface area contributed by atoms with E-state index in [0.717, 1.165) is 25.7 Å². The number of nitrogens with one attached hydrogen (secondary N) is 1. The third-order valence-electron chi connectivity index (χ3n) is 3.54. The Kier molecular flexibility index (Phi) is 7.00. The highest BCUT2D eigenvalue weighted by Crippen LogP contribution is 2.27. The van der Waals surface area contributed by atoms with Gasteiger partial charge in [0.05, 0.1) is 10.9 Å². The first-order chi connectivity index (χ1) is 8.58. The van der Waals surface area contributed by atoms with E-state index in [1.807, 2.05) is 18.7 Å². The number of hydrogen-bond donors (Lipinski definition) is 2. The summed E-state index contributed by atoms with van der Waals surface area (Å²) in [6.45, 7) is 2.04. The molecule has 5 heteroatoms. The van der Waals surface area contributed by atoms with Crippen molar-refractivity contribution in [3.63, 3.8) is 0 Å². The quantitative estimate of drug-likeness (QED) is 0.737. The Balaban J connectivity index is 2.49. The summed E-state index contributed by atoms with van der Waals surface area (Å²) in [4.78, 5) is 12.5. The third-order valence-corrected chi connectivity index (χ3v) is 4.92. The summed E-state index contributed by atoms with van der Waals surface area (Å²) in [5, 5.41) is 3.81. The van der Waals surface area contributed by atoms with Crippen LogP contribution in [0.4, 0.5) is 0 Å². The molecule has 1 rings (SSSR count). The molecule has 0 aromatic heterocycles. The van der Waals surface area contributed by atoms with Crippen LogP contribution in [-0.2, 0) is 4.79 Å². The lowest BCUT2D eigenvalue weighted by Gasteiger charge is -2.29. The molecule has 0 aromatic carbocycles. The van der Waals surface area contributed by atoms with Crippen molar-refractivity contribution in [2.45, 2.75) is 56.7 Å². The van der Waals surface area contributed by atoms with Crippen molar-refractivity contribution < 1.29 is 4.79 Å². The van der Waals surface area contributed by atoms with Gasteiger partial charge in [-0.05, 0) is 31.9 Å². The molecular formula is C13H24N2OS2. The largest absolute Gasteiger partial charge is 0.393 e. The molecule has 3 atom stereocenters. The minimum atomic E-state index is -0.292. The van der Waals surface area contributed by atoms with Crippen LogP contribution < -0.4 is 11.1 Å². The van der Waals surface area contributed by atoms with Crippen molar-refractivity contribution in [1.29, 1.82) is 0 Å². The molecule has 104 valence electrons. The smallest absolute Gasteiger partial charge is 0.230 e. The first-order valence-electron chi connectivity index (χ1n) is 6.71. The number of hydrogen-bond acceptors (Lipinski definition) is 3. The van der Waals surface area contributed by atoms with Crippen molar-refractivity contribution in [2.75, 3.05) is 6.26 Å². The van der Waals surface area contributed by atoms with Crippen LogP contribution in [0.15, 0.2) is 0 Å². The van der Waals surface area contributed by atoms with Crippen LogP contribution in [0.2, 0.25) is 0 Å². The Morgan fingerprint density at radius 2 is 2.28 bits per heavy atom. The molecule has 3 N–H and O–H groups in total. The van der Waals surface area contributed by atoms with E-state index >= 15 is 0 Å². The van der Waals surface area contributed by atoms with Crippen LogP contribution >= 0.6 is 24.0 Å². The minimum Gasteiger partial charge on any atom is -0.393 e. The Morgan fingerprint density at radius 1 is 1.56 bits per heavy atom. The van der Waals surface area contributed by atoms with E-state index in [0.29, 0.717) is 16.3 Å². The first kappa shape index (κ1) is 15.8. The zero-order valence-corrected chi connectivity index (χ0v) is 12.9. The molecule has 1 aliphatic rings. The second-order valence-electron chi connectivity index (χ2n) is 4.97. The maximum atomic E-state index is 12.2. The molecule has 0 bridgehead atoms. The van der Waals surface area contributed by atoms with E-state index in [9.17, 15) is 4.79 Å². The number of carbonyl (C=O) groups is 1. The normalized spacial score (nSPS) is 25.4. The van der Waals surface area contributed by atoms with E-state index in [1.165, 1.54) is 12.8 Å². The first-order valence-corrected chi connectivity index (χ1v) is 8.40. The molecule has 0 saturated heterocycles. The van der Waals surface area contributed by atoms with E-state index in [4.69, 9.17) is 18.0 Å². The molecular weight excluding hydrogens is 264 g/mol. The second kappa shape index (κ2) is 8.00. The SMILES string of the molecule is CCCC(C(=O)NC1CCCC(SC)C1)C(N)=S. The van der Waals surface area contributed by atoms with Gasteiger partial charge in [-0.1, -0.05) is 32.0 Å². The van der Waals surface area contributed by atoms with Gasteiger partial charge in [0.2, 0.25) is 5.91 Å². The summed E-state index contributed by atoms with van der Waals surface area (Å²) in [6, 6.07) is 0.303. The van der Waals surface area contributed by atoms with Gasteiger partial charge in [-0.15, -0.1) is 0 Å². The van der Waals surface area contributed by atoms with Crippen LogP contribution in [-0.4, -0.2) is 28.4 Å². The lowest BCUT2D eigenvalue weighted by atomic mass is 9.93. The number of nitrogens with two attached hydrogens (primary N) is 1.